The second kappa shape index (κ2) is 6.66. The van der Waals surface area contributed by atoms with Gasteiger partial charge in [0.05, 0.1) is 17.5 Å². The molecular formula is C21H28N4O2. The normalized spacial score (nSPS) is 21.0. The highest BCUT2D eigenvalue weighted by atomic mass is 16.3. The Morgan fingerprint density at radius 2 is 2.00 bits per heavy atom. The summed E-state index contributed by atoms with van der Waals surface area (Å²) in [5, 5.41) is 4.73. The fraction of sp³-hybridized carbons (Fsp3) is 0.571. The van der Waals surface area contributed by atoms with Crippen LogP contribution in [-0.2, 0) is 6.42 Å². The van der Waals surface area contributed by atoms with E-state index in [0.29, 0.717) is 22.7 Å². The highest BCUT2D eigenvalue weighted by Gasteiger charge is 2.32. The third kappa shape index (κ3) is 3.22. The fourth-order valence-corrected chi connectivity index (χ4v) is 4.35. The van der Waals surface area contributed by atoms with E-state index in [1.54, 1.807) is 23.1 Å². The van der Waals surface area contributed by atoms with E-state index in [1.807, 2.05) is 6.92 Å². The first-order chi connectivity index (χ1) is 12.9. The molecule has 1 fully saturated rings. The van der Waals surface area contributed by atoms with E-state index in [9.17, 15) is 4.79 Å². The quantitative estimate of drug-likeness (QED) is 0.735. The Hall–Kier alpha value is -2.37. The maximum atomic E-state index is 12.8. The van der Waals surface area contributed by atoms with E-state index in [4.69, 9.17) is 14.5 Å². The molecule has 4 rings (SSSR count). The van der Waals surface area contributed by atoms with Gasteiger partial charge in [-0.1, -0.05) is 27.7 Å². The predicted molar refractivity (Wildman–Crippen MR) is 105 cm³/mol. The van der Waals surface area contributed by atoms with E-state index >= 15 is 0 Å². The molecule has 1 saturated carbocycles. The number of imidazole rings is 1. The molecule has 0 amide bonds. The lowest BCUT2D eigenvalue weighted by molar-refractivity contribution is 0.167. The zero-order valence-corrected chi connectivity index (χ0v) is 16.6. The van der Waals surface area contributed by atoms with Gasteiger partial charge in [-0.25, -0.2) is 9.50 Å². The smallest absolute Gasteiger partial charge is 0.277 e. The van der Waals surface area contributed by atoms with Gasteiger partial charge < -0.3 is 9.40 Å². The lowest BCUT2D eigenvalue weighted by Crippen LogP contribution is -2.26. The van der Waals surface area contributed by atoms with Crippen LogP contribution in [0.1, 0.15) is 70.8 Å². The molecule has 0 bridgehead atoms. The molecule has 1 aliphatic rings. The lowest BCUT2D eigenvalue weighted by atomic mass is 9.70. The molecule has 1 N–H and O–H groups in total. The van der Waals surface area contributed by atoms with Crippen LogP contribution in [0.25, 0.3) is 16.9 Å². The van der Waals surface area contributed by atoms with Gasteiger partial charge in [0.1, 0.15) is 12.1 Å². The number of furan rings is 1. The van der Waals surface area contributed by atoms with Crippen molar-refractivity contribution >= 4 is 5.52 Å². The average molecular weight is 368 g/mol. The number of aromatic amines is 1. The van der Waals surface area contributed by atoms with Crippen molar-refractivity contribution < 1.29 is 4.42 Å². The predicted octanol–water partition coefficient (Wildman–Crippen LogP) is 4.56. The van der Waals surface area contributed by atoms with Gasteiger partial charge in [0.2, 0.25) is 0 Å². The largest absolute Gasteiger partial charge is 0.472 e. The first-order valence-electron chi connectivity index (χ1n) is 9.93. The van der Waals surface area contributed by atoms with Crippen molar-refractivity contribution in [2.45, 2.75) is 65.7 Å². The number of H-pyrrole nitrogens is 1. The van der Waals surface area contributed by atoms with Gasteiger partial charge >= 0.3 is 0 Å². The molecule has 0 aromatic carbocycles. The zero-order chi connectivity index (χ0) is 19.2. The number of rotatable bonds is 3. The molecule has 0 atom stereocenters. The molecule has 144 valence electrons. The maximum absolute atomic E-state index is 12.8. The van der Waals surface area contributed by atoms with Crippen LogP contribution in [0.15, 0.2) is 27.8 Å². The second-order valence-corrected chi connectivity index (χ2v) is 8.76. The monoisotopic (exact) mass is 368 g/mol. The summed E-state index contributed by atoms with van der Waals surface area (Å²) in [6, 6.07) is 1.80. The molecule has 0 radical (unpaired) electrons. The number of nitrogens with one attached hydrogen (secondary N) is 1. The Labute approximate surface area is 159 Å². The summed E-state index contributed by atoms with van der Waals surface area (Å²) in [6.07, 6.45) is 8.48. The first kappa shape index (κ1) is 18.0. The van der Waals surface area contributed by atoms with Crippen molar-refractivity contribution in [3.63, 3.8) is 0 Å². The van der Waals surface area contributed by atoms with Gasteiger partial charge in [0.15, 0.2) is 11.3 Å². The lowest BCUT2D eigenvalue weighted by Gasteiger charge is -2.36. The molecule has 0 spiro atoms. The van der Waals surface area contributed by atoms with Crippen LogP contribution in [0, 0.1) is 11.3 Å². The van der Waals surface area contributed by atoms with Crippen molar-refractivity contribution in [3.8, 4) is 11.4 Å². The van der Waals surface area contributed by atoms with E-state index in [-0.39, 0.29) is 5.56 Å². The molecule has 1 aliphatic carbocycles. The van der Waals surface area contributed by atoms with Gasteiger partial charge in [0, 0.05) is 5.92 Å². The van der Waals surface area contributed by atoms with E-state index in [0.717, 1.165) is 42.3 Å². The van der Waals surface area contributed by atoms with Crippen LogP contribution in [0.5, 0.6) is 0 Å². The minimum atomic E-state index is -0.139. The molecule has 27 heavy (non-hydrogen) atoms. The summed E-state index contributed by atoms with van der Waals surface area (Å²) in [5.74, 6) is 2.54. The summed E-state index contributed by atoms with van der Waals surface area (Å²) in [7, 11) is 0. The Kier molecular flexibility index (Phi) is 4.44. The molecule has 3 aromatic rings. The average Bonchev–Trinajstić information content (AvgIpc) is 3.29. The van der Waals surface area contributed by atoms with Crippen molar-refractivity contribution in [1.82, 2.24) is 19.6 Å². The van der Waals surface area contributed by atoms with Crippen molar-refractivity contribution in [3.05, 3.63) is 40.5 Å². The Balaban J connectivity index is 1.76. The molecule has 0 aliphatic heterocycles. The molecule has 6 nitrogen and oxygen atoms in total. The maximum Gasteiger partial charge on any atom is 0.277 e. The van der Waals surface area contributed by atoms with Gasteiger partial charge in [-0.15, -0.1) is 5.10 Å². The van der Waals surface area contributed by atoms with Gasteiger partial charge in [-0.05, 0) is 49.5 Å². The summed E-state index contributed by atoms with van der Waals surface area (Å²) >= 11 is 0. The van der Waals surface area contributed by atoms with Crippen LogP contribution in [0.4, 0.5) is 0 Å². The number of hydrogen-bond acceptors (Lipinski definition) is 4. The third-order valence-corrected chi connectivity index (χ3v) is 6.05. The van der Waals surface area contributed by atoms with Crippen LogP contribution >= 0.6 is 0 Å². The molecular weight excluding hydrogens is 340 g/mol. The molecule has 6 heteroatoms. The van der Waals surface area contributed by atoms with E-state index in [1.165, 1.54) is 12.8 Å². The Morgan fingerprint density at radius 3 is 2.59 bits per heavy atom. The number of fused-ring (bicyclic) bond motifs is 1. The molecule has 0 unspecified atom stereocenters. The standard InChI is InChI=1S/C21H28N4O2/c1-5-16-17-20(26)23-18(14-10-11-27-12-14)24-25(17)19(22-16)13-6-8-15(9-7-13)21(2,3)4/h10-13,15H,5-9H2,1-4H3,(H,23,24,26)/t13-,15+. The van der Waals surface area contributed by atoms with Crippen LogP contribution in [0.3, 0.4) is 0 Å². The van der Waals surface area contributed by atoms with E-state index < -0.39 is 0 Å². The Bertz CT molecular complexity index is 984. The number of nitrogens with zero attached hydrogens (tertiary/aromatic N) is 3. The molecule has 0 saturated heterocycles. The summed E-state index contributed by atoms with van der Waals surface area (Å²) in [6.45, 7) is 9.02. The van der Waals surface area contributed by atoms with Crippen molar-refractivity contribution in [1.29, 1.82) is 0 Å². The fourth-order valence-electron chi connectivity index (χ4n) is 4.35. The minimum Gasteiger partial charge on any atom is -0.472 e. The summed E-state index contributed by atoms with van der Waals surface area (Å²) < 4.78 is 6.94. The highest BCUT2D eigenvalue weighted by Crippen LogP contribution is 2.43. The highest BCUT2D eigenvalue weighted by molar-refractivity contribution is 5.57. The molecule has 3 heterocycles. The Morgan fingerprint density at radius 1 is 1.26 bits per heavy atom. The third-order valence-electron chi connectivity index (χ3n) is 6.05. The minimum absolute atomic E-state index is 0.139. The number of hydrogen-bond donors (Lipinski definition) is 1. The second-order valence-electron chi connectivity index (χ2n) is 8.76. The van der Waals surface area contributed by atoms with Crippen LogP contribution < -0.4 is 5.56 Å². The number of aromatic nitrogens is 4. The van der Waals surface area contributed by atoms with Crippen molar-refractivity contribution in [2.24, 2.45) is 11.3 Å². The van der Waals surface area contributed by atoms with Crippen LogP contribution in [0.2, 0.25) is 0 Å². The summed E-state index contributed by atoms with van der Waals surface area (Å²) in [5.41, 5.74) is 2.38. The van der Waals surface area contributed by atoms with Gasteiger partial charge in [-0.3, -0.25) is 4.79 Å². The summed E-state index contributed by atoms with van der Waals surface area (Å²) in [4.78, 5) is 20.5. The van der Waals surface area contributed by atoms with Gasteiger partial charge in [-0.2, -0.15) is 0 Å². The van der Waals surface area contributed by atoms with Gasteiger partial charge in [0.25, 0.3) is 5.56 Å². The van der Waals surface area contributed by atoms with Crippen LogP contribution in [-0.4, -0.2) is 19.6 Å². The first-order valence-corrected chi connectivity index (χ1v) is 9.93. The SMILES string of the molecule is CCc1nc([C@H]2CC[C@@H](C(C)(C)C)CC2)n2nc(-c3ccoc3)[nH]c(=O)c12. The van der Waals surface area contributed by atoms with E-state index in [2.05, 4.69) is 25.8 Å². The zero-order valence-electron chi connectivity index (χ0n) is 16.6. The molecule has 3 aromatic heterocycles. The number of aryl methyl sites for hydroxylation is 1. The van der Waals surface area contributed by atoms with Crippen molar-refractivity contribution in [2.75, 3.05) is 0 Å². The topological polar surface area (TPSA) is 76.2 Å².